The fraction of sp³-hybridized carbons (Fsp3) is 0.136. The van der Waals surface area contributed by atoms with Gasteiger partial charge in [-0.3, -0.25) is 4.79 Å². The van der Waals surface area contributed by atoms with E-state index in [1.54, 1.807) is 54.6 Å². The minimum atomic E-state index is -4.12. The largest absolute Gasteiger partial charge is 0.494 e. The number of hydrogen-bond donors (Lipinski definition) is 0. The third-order valence-corrected chi connectivity index (χ3v) is 5.76. The van der Waals surface area contributed by atoms with Gasteiger partial charge in [-0.25, -0.2) is 8.42 Å². The van der Waals surface area contributed by atoms with Gasteiger partial charge in [0.15, 0.2) is 6.61 Å². The Kier molecular flexibility index (Phi) is 6.51. The monoisotopic (exact) mass is 411 g/mol. The van der Waals surface area contributed by atoms with Gasteiger partial charge in [0.25, 0.3) is 15.9 Å². The zero-order valence-corrected chi connectivity index (χ0v) is 16.7. The van der Waals surface area contributed by atoms with Gasteiger partial charge in [0.2, 0.25) is 0 Å². The van der Waals surface area contributed by atoms with E-state index in [1.165, 1.54) is 24.3 Å². The Morgan fingerprint density at radius 1 is 0.793 bits per heavy atom. The molecule has 0 N–H and O–H groups in total. The molecule has 29 heavy (non-hydrogen) atoms. The first-order chi connectivity index (χ1) is 14.0. The van der Waals surface area contributed by atoms with Crippen LogP contribution in [0.25, 0.3) is 0 Å². The number of anilines is 1. The Bertz CT molecular complexity index is 1040. The van der Waals surface area contributed by atoms with Crippen molar-refractivity contribution in [2.75, 3.05) is 17.5 Å². The van der Waals surface area contributed by atoms with Gasteiger partial charge in [0.1, 0.15) is 11.5 Å². The quantitative estimate of drug-likeness (QED) is 0.562. The number of rotatable bonds is 8. The van der Waals surface area contributed by atoms with Crippen molar-refractivity contribution in [2.24, 2.45) is 0 Å². The lowest BCUT2D eigenvalue weighted by atomic mass is 10.3. The first-order valence-corrected chi connectivity index (χ1v) is 10.5. The Morgan fingerprint density at radius 3 is 1.93 bits per heavy atom. The normalized spacial score (nSPS) is 10.9. The molecule has 0 radical (unpaired) electrons. The molecule has 0 unspecified atom stereocenters. The van der Waals surface area contributed by atoms with E-state index in [4.69, 9.17) is 9.47 Å². The van der Waals surface area contributed by atoms with Crippen molar-refractivity contribution in [2.45, 2.75) is 11.8 Å². The molecule has 6 nitrogen and oxygen atoms in total. The molecule has 0 aliphatic carbocycles. The Hall–Kier alpha value is -3.32. The highest BCUT2D eigenvalue weighted by Crippen LogP contribution is 2.26. The minimum absolute atomic E-state index is 0.0157. The summed E-state index contributed by atoms with van der Waals surface area (Å²) in [4.78, 5) is 13.0. The number of nitrogens with zero attached hydrogens (tertiary/aromatic N) is 1. The van der Waals surface area contributed by atoms with Gasteiger partial charge in [-0.05, 0) is 55.5 Å². The van der Waals surface area contributed by atoms with Crippen molar-refractivity contribution in [3.05, 3.63) is 84.9 Å². The smallest absolute Gasteiger partial charge is 0.278 e. The topological polar surface area (TPSA) is 72.9 Å². The van der Waals surface area contributed by atoms with Crippen molar-refractivity contribution in [1.82, 2.24) is 0 Å². The molecule has 3 rings (SSSR count). The third kappa shape index (κ3) is 4.94. The van der Waals surface area contributed by atoms with Crippen LogP contribution in [0.15, 0.2) is 89.8 Å². The van der Waals surface area contributed by atoms with E-state index < -0.39 is 22.5 Å². The first-order valence-electron chi connectivity index (χ1n) is 9.06. The number of benzene rings is 3. The molecule has 0 aliphatic rings. The summed E-state index contributed by atoms with van der Waals surface area (Å²) in [5.74, 6) is 0.354. The summed E-state index contributed by atoms with van der Waals surface area (Å²) in [5, 5.41) is 0. The van der Waals surface area contributed by atoms with Crippen molar-refractivity contribution in [1.29, 1.82) is 0 Å². The third-order valence-electron chi connectivity index (χ3n) is 4.00. The maximum Gasteiger partial charge on any atom is 0.278 e. The Balaban J connectivity index is 1.93. The van der Waals surface area contributed by atoms with Crippen LogP contribution in [0.4, 0.5) is 5.69 Å². The van der Waals surface area contributed by atoms with Crippen molar-refractivity contribution >= 4 is 21.6 Å². The first kappa shape index (κ1) is 20.4. The van der Waals surface area contributed by atoms with E-state index in [2.05, 4.69) is 0 Å². The maximum atomic E-state index is 13.2. The van der Waals surface area contributed by atoms with Crippen LogP contribution in [0, 0.1) is 0 Å². The molecule has 0 saturated heterocycles. The van der Waals surface area contributed by atoms with Crippen molar-refractivity contribution < 1.29 is 22.7 Å². The number of carbonyl (C=O) groups excluding carboxylic acids is 1. The van der Waals surface area contributed by atoms with Crippen molar-refractivity contribution in [3.63, 3.8) is 0 Å². The highest BCUT2D eigenvalue weighted by Gasteiger charge is 2.31. The second-order valence-corrected chi connectivity index (χ2v) is 7.79. The van der Waals surface area contributed by atoms with Gasteiger partial charge in [0, 0.05) is 0 Å². The average Bonchev–Trinajstić information content (AvgIpc) is 2.75. The van der Waals surface area contributed by atoms with Crippen LogP contribution < -0.4 is 13.8 Å². The molecule has 1 amide bonds. The summed E-state index contributed by atoms with van der Waals surface area (Å²) in [6.07, 6.45) is 0. The van der Waals surface area contributed by atoms with E-state index in [0.29, 0.717) is 18.1 Å². The van der Waals surface area contributed by atoms with E-state index in [1.807, 2.05) is 13.0 Å². The minimum Gasteiger partial charge on any atom is -0.494 e. The van der Waals surface area contributed by atoms with Gasteiger partial charge in [-0.1, -0.05) is 36.4 Å². The molecule has 150 valence electrons. The second-order valence-electron chi connectivity index (χ2n) is 6.00. The van der Waals surface area contributed by atoms with Crippen LogP contribution in [-0.4, -0.2) is 27.5 Å². The molecule has 0 spiro atoms. The Morgan fingerprint density at radius 2 is 1.34 bits per heavy atom. The van der Waals surface area contributed by atoms with Crippen LogP contribution in [0.3, 0.4) is 0 Å². The van der Waals surface area contributed by atoms with Gasteiger partial charge in [-0.15, -0.1) is 0 Å². The van der Waals surface area contributed by atoms with Gasteiger partial charge in [0.05, 0.1) is 17.2 Å². The zero-order valence-electron chi connectivity index (χ0n) is 15.9. The highest BCUT2D eigenvalue weighted by molar-refractivity contribution is 7.93. The van der Waals surface area contributed by atoms with Crippen LogP contribution in [0.5, 0.6) is 11.5 Å². The molecule has 3 aromatic rings. The summed E-state index contributed by atoms with van der Waals surface area (Å²) in [6.45, 7) is 1.91. The lowest BCUT2D eigenvalue weighted by molar-refractivity contribution is -0.119. The fourth-order valence-electron chi connectivity index (χ4n) is 2.68. The van der Waals surface area contributed by atoms with Crippen molar-refractivity contribution in [3.8, 4) is 11.5 Å². The highest BCUT2D eigenvalue weighted by atomic mass is 32.2. The number of para-hydroxylation sites is 1. The lowest BCUT2D eigenvalue weighted by Crippen LogP contribution is -2.40. The second kappa shape index (κ2) is 9.25. The lowest BCUT2D eigenvalue weighted by Gasteiger charge is -2.23. The summed E-state index contributed by atoms with van der Waals surface area (Å²) in [6, 6.07) is 22.9. The predicted molar refractivity (Wildman–Crippen MR) is 111 cm³/mol. The van der Waals surface area contributed by atoms with Crippen LogP contribution >= 0.6 is 0 Å². The average molecular weight is 411 g/mol. The summed E-state index contributed by atoms with van der Waals surface area (Å²) in [5.41, 5.74) is 0.207. The molecule has 0 fully saturated rings. The number of carbonyl (C=O) groups is 1. The molecular formula is C22H21NO5S. The summed E-state index contributed by atoms with van der Waals surface area (Å²) >= 11 is 0. The predicted octanol–water partition coefficient (Wildman–Crippen LogP) is 3.89. The molecule has 0 atom stereocenters. The molecule has 0 heterocycles. The fourth-order valence-corrected chi connectivity index (χ4v) is 4.11. The zero-order chi connectivity index (χ0) is 20.7. The molecule has 0 bridgehead atoms. The van der Waals surface area contributed by atoms with E-state index in [-0.39, 0.29) is 10.6 Å². The van der Waals surface area contributed by atoms with Crippen LogP contribution in [-0.2, 0) is 14.8 Å². The van der Waals surface area contributed by atoms with E-state index in [0.717, 1.165) is 4.31 Å². The molecule has 7 heteroatoms. The van der Waals surface area contributed by atoms with Gasteiger partial charge in [-0.2, -0.15) is 4.31 Å². The molecular weight excluding hydrogens is 390 g/mol. The standard InChI is InChI=1S/C22H21NO5S/c1-2-27-20-15-13-18(14-16-20)23(29(25,26)21-11-7-4-8-12-21)22(24)17-28-19-9-5-3-6-10-19/h3-16H,2,17H2,1H3. The molecule has 0 saturated carbocycles. The number of ether oxygens (including phenoxy) is 2. The van der Waals surface area contributed by atoms with E-state index >= 15 is 0 Å². The van der Waals surface area contributed by atoms with Gasteiger partial charge >= 0.3 is 0 Å². The van der Waals surface area contributed by atoms with E-state index in [9.17, 15) is 13.2 Å². The van der Waals surface area contributed by atoms with Gasteiger partial charge < -0.3 is 9.47 Å². The number of amides is 1. The number of hydrogen-bond acceptors (Lipinski definition) is 5. The molecule has 0 aliphatic heterocycles. The molecule has 0 aromatic heterocycles. The number of sulfonamides is 1. The summed E-state index contributed by atoms with van der Waals surface area (Å²) < 4.78 is 38.1. The summed E-state index contributed by atoms with van der Waals surface area (Å²) in [7, 11) is -4.12. The van der Waals surface area contributed by atoms with Crippen LogP contribution in [0.2, 0.25) is 0 Å². The SMILES string of the molecule is CCOc1ccc(N(C(=O)COc2ccccc2)S(=O)(=O)c2ccccc2)cc1. The van der Waals surface area contributed by atoms with Crippen LogP contribution in [0.1, 0.15) is 6.92 Å². The Labute approximate surface area is 170 Å². The molecule has 3 aromatic carbocycles. The maximum absolute atomic E-state index is 13.2.